The quantitative estimate of drug-likeness (QED) is 0.426. The Morgan fingerprint density at radius 2 is 1.32 bits per heavy atom. The second kappa shape index (κ2) is 4.98. The van der Waals surface area contributed by atoms with E-state index in [0.29, 0.717) is 5.69 Å². The van der Waals surface area contributed by atoms with Gasteiger partial charge in [-0.2, -0.15) is 0 Å². The first kappa shape index (κ1) is 14.6. The molecule has 0 spiro atoms. The van der Waals surface area contributed by atoms with Crippen LogP contribution in [-0.2, 0) is 9.59 Å². The predicted octanol–water partition coefficient (Wildman–Crippen LogP) is 4.35. The van der Waals surface area contributed by atoms with Gasteiger partial charge < -0.3 is 0 Å². The van der Waals surface area contributed by atoms with Gasteiger partial charge in [0.15, 0.2) is 0 Å². The van der Waals surface area contributed by atoms with Crippen molar-refractivity contribution in [3.63, 3.8) is 0 Å². The summed E-state index contributed by atoms with van der Waals surface area (Å²) in [5.74, 6) is -0.467. The van der Waals surface area contributed by atoms with Gasteiger partial charge >= 0.3 is 0 Å². The lowest BCUT2D eigenvalue weighted by Gasteiger charge is -2.38. The summed E-state index contributed by atoms with van der Waals surface area (Å²) in [4.78, 5) is 26.8. The Balaban J connectivity index is 1.78. The van der Waals surface area contributed by atoms with Crippen LogP contribution in [0.2, 0.25) is 15.1 Å². The van der Waals surface area contributed by atoms with Gasteiger partial charge in [0.05, 0.1) is 32.6 Å². The van der Waals surface area contributed by atoms with Crippen molar-refractivity contribution in [3.8, 4) is 0 Å². The fourth-order valence-corrected chi connectivity index (χ4v) is 4.58. The van der Waals surface area contributed by atoms with Crippen LogP contribution in [0, 0.1) is 23.7 Å². The molecule has 114 valence electrons. The first-order valence-electron chi connectivity index (χ1n) is 7.19. The van der Waals surface area contributed by atoms with Gasteiger partial charge in [-0.15, -0.1) is 0 Å². The number of nitrogens with zero attached hydrogens (tertiary/aromatic N) is 1. The molecule has 4 aliphatic rings. The molecule has 1 aromatic carbocycles. The van der Waals surface area contributed by atoms with E-state index in [1.54, 1.807) is 0 Å². The number of halogens is 3. The molecule has 0 aromatic heterocycles. The van der Waals surface area contributed by atoms with Crippen molar-refractivity contribution in [1.29, 1.82) is 0 Å². The maximum Gasteiger partial charge on any atom is 0.238 e. The summed E-state index contributed by atoms with van der Waals surface area (Å²) >= 11 is 18.0. The third-order valence-electron chi connectivity index (χ3n) is 4.99. The third-order valence-corrected chi connectivity index (χ3v) is 6.18. The first-order valence-corrected chi connectivity index (χ1v) is 8.33. The Morgan fingerprint density at radius 3 is 1.73 bits per heavy atom. The van der Waals surface area contributed by atoms with Crippen LogP contribution in [0.5, 0.6) is 0 Å². The molecule has 5 rings (SSSR count). The number of hydrogen-bond donors (Lipinski definition) is 0. The topological polar surface area (TPSA) is 37.4 Å². The summed E-state index contributed by atoms with van der Waals surface area (Å²) in [7, 11) is 0. The number of benzene rings is 1. The Bertz CT molecular complexity index is 675. The zero-order valence-corrected chi connectivity index (χ0v) is 13.7. The number of hydrogen-bond acceptors (Lipinski definition) is 2. The number of fused-ring (bicyclic) bond motifs is 1. The van der Waals surface area contributed by atoms with Crippen molar-refractivity contribution in [2.24, 2.45) is 23.7 Å². The number of amides is 2. The largest absolute Gasteiger partial charge is 0.274 e. The summed E-state index contributed by atoms with van der Waals surface area (Å²) in [5.41, 5.74) is 0.406. The zero-order valence-electron chi connectivity index (χ0n) is 11.4. The lowest BCUT2D eigenvalue weighted by molar-refractivity contribution is -0.124. The van der Waals surface area contributed by atoms with Crippen molar-refractivity contribution >= 4 is 52.3 Å². The summed E-state index contributed by atoms with van der Waals surface area (Å²) < 4.78 is 0. The van der Waals surface area contributed by atoms with Crippen LogP contribution >= 0.6 is 34.8 Å². The molecular weight excluding hydrogens is 345 g/mol. The Kier molecular flexibility index (Phi) is 3.30. The lowest BCUT2D eigenvalue weighted by atomic mass is 9.63. The molecule has 1 saturated heterocycles. The number of allylic oxidation sites excluding steroid dienone is 2. The van der Waals surface area contributed by atoms with Crippen molar-refractivity contribution in [2.45, 2.75) is 12.8 Å². The summed E-state index contributed by atoms with van der Waals surface area (Å²) in [5, 5.41) is 0.701. The van der Waals surface area contributed by atoms with Gasteiger partial charge in [0.25, 0.3) is 0 Å². The molecule has 4 atom stereocenters. The van der Waals surface area contributed by atoms with E-state index in [1.807, 2.05) is 0 Å². The molecule has 3 aliphatic carbocycles. The Morgan fingerprint density at radius 1 is 0.864 bits per heavy atom. The standard InChI is InChI=1S/C16H12Cl3NO2/c17-10-5-9(6-11(18)14(10)19)20-15(21)12-7-1-2-8(4-3-7)13(12)16(20)22/h1-2,5-8,12-13H,3-4H2. The molecule has 6 heteroatoms. The molecule has 1 saturated carbocycles. The number of anilines is 1. The fourth-order valence-electron chi connectivity index (χ4n) is 4.00. The van der Waals surface area contributed by atoms with Crippen LogP contribution in [0.15, 0.2) is 24.3 Å². The van der Waals surface area contributed by atoms with Gasteiger partial charge in [-0.25, -0.2) is 4.90 Å². The minimum Gasteiger partial charge on any atom is -0.274 e. The van der Waals surface area contributed by atoms with Gasteiger partial charge in [-0.05, 0) is 36.8 Å². The minimum absolute atomic E-state index is 0.150. The smallest absolute Gasteiger partial charge is 0.238 e. The van der Waals surface area contributed by atoms with Crippen LogP contribution in [-0.4, -0.2) is 11.8 Å². The van der Waals surface area contributed by atoms with Gasteiger partial charge in [-0.3, -0.25) is 9.59 Å². The molecule has 2 bridgehead atoms. The second-order valence-corrected chi connectivity index (χ2v) is 7.27. The summed E-state index contributed by atoms with van der Waals surface area (Å²) in [6.07, 6.45) is 6.12. The maximum absolute atomic E-state index is 12.8. The maximum atomic E-state index is 12.8. The molecule has 22 heavy (non-hydrogen) atoms. The van der Waals surface area contributed by atoms with Crippen molar-refractivity contribution in [2.75, 3.05) is 4.90 Å². The Labute approximate surface area is 142 Å². The number of carbonyl (C=O) groups is 2. The molecule has 1 aliphatic heterocycles. The van der Waals surface area contributed by atoms with E-state index >= 15 is 0 Å². The van der Waals surface area contributed by atoms with Crippen LogP contribution in [0.4, 0.5) is 5.69 Å². The third kappa shape index (κ3) is 1.89. The van der Waals surface area contributed by atoms with Crippen molar-refractivity contribution in [3.05, 3.63) is 39.4 Å². The lowest BCUT2D eigenvalue weighted by Crippen LogP contribution is -2.38. The zero-order chi connectivity index (χ0) is 15.6. The van der Waals surface area contributed by atoms with Crippen LogP contribution in [0.25, 0.3) is 0 Å². The average Bonchev–Trinajstić information content (AvgIpc) is 2.79. The Hall–Kier alpha value is -1.03. The highest BCUT2D eigenvalue weighted by Crippen LogP contribution is 2.51. The number of imide groups is 1. The van der Waals surface area contributed by atoms with Gasteiger partial charge in [0, 0.05) is 0 Å². The van der Waals surface area contributed by atoms with E-state index in [9.17, 15) is 9.59 Å². The van der Waals surface area contributed by atoms with E-state index in [4.69, 9.17) is 34.8 Å². The van der Waals surface area contributed by atoms with E-state index < -0.39 is 0 Å². The molecule has 1 aromatic rings. The molecule has 2 amide bonds. The highest BCUT2D eigenvalue weighted by Gasteiger charge is 2.56. The van der Waals surface area contributed by atoms with Gasteiger partial charge in [-0.1, -0.05) is 47.0 Å². The van der Waals surface area contributed by atoms with Gasteiger partial charge in [0.1, 0.15) is 0 Å². The number of rotatable bonds is 1. The summed E-state index contributed by atoms with van der Waals surface area (Å²) in [6, 6.07) is 3.05. The predicted molar refractivity (Wildman–Crippen MR) is 86.3 cm³/mol. The summed E-state index contributed by atoms with van der Waals surface area (Å²) in [6.45, 7) is 0. The second-order valence-electron chi connectivity index (χ2n) is 6.08. The van der Waals surface area contributed by atoms with Gasteiger partial charge in [0.2, 0.25) is 11.8 Å². The van der Waals surface area contributed by atoms with Crippen LogP contribution in [0.1, 0.15) is 12.8 Å². The molecule has 4 unspecified atom stereocenters. The monoisotopic (exact) mass is 355 g/mol. The molecule has 1 heterocycles. The van der Waals surface area contributed by atoms with Crippen LogP contribution < -0.4 is 4.90 Å². The van der Waals surface area contributed by atoms with E-state index in [-0.39, 0.29) is 50.6 Å². The van der Waals surface area contributed by atoms with E-state index in [0.717, 1.165) is 12.8 Å². The first-order chi connectivity index (χ1) is 10.5. The fraction of sp³-hybridized carbons (Fsp3) is 0.375. The average molecular weight is 357 g/mol. The molecular formula is C16H12Cl3NO2. The number of carbonyl (C=O) groups excluding carboxylic acids is 2. The van der Waals surface area contributed by atoms with Crippen molar-refractivity contribution < 1.29 is 9.59 Å². The van der Waals surface area contributed by atoms with Crippen LogP contribution in [0.3, 0.4) is 0 Å². The molecule has 2 fully saturated rings. The highest BCUT2D eigenvalue weighted by molar-refractivity contribution is 6.48. The minimum atomic E-state index is -0.246. The normalized spacial score (nSPS) is 32.8. The SMILES string of the molecule is O=C1C2C3C=CC(CC3)C2C(=O)N1c1cc(Cl)c(Cl)c(Cl)c1. The van der Waals surface area contributed by atoms with E-state index in [1.165, 1.54) is 17.0 Å². The molecule has 3 nitrogen and oxygen atoms in total. The van der Waals surface area contributed by atoms with E-state index in [2.05, 4.69) is 12.2 Å². The highest BCUT2D eigenvalue weighted by atomic mass is 35.5. The molecule has 0 N–H and O–H groups in total. The van der Waals surface area contributed by atoms with Crippen molar-refractivity contribution in [1.82, 2.24) is 0 Å². The molecule has 0 radical (unpaired) electrons.